The SMILES string of the molecule is CCCCCCCCCCCCC(CCCCCCCCCC)CNC(=O)C(O)(c1ccc(Br)s1)C(C)CC. The van der Waals surface area contributed by atoms with Crippen molar-refractivity contribution in [1.29, 1.82) is 0 Å². The fourth-order valence-corrected chi connectivity index (χ4v) is 7.19. The molecule has 3 unspecified atom stereocenters. The number of amides is 1. The summed E-state index contributed by atoms with van der Waals surface area (Å²) in [4.78, 5) is 14.2. The highest BCUT2D eigenvalue weighted by Gasteiger charge is 2.43. The Morgan fingerprint density at radius 2 is 1.23 bits per heavy atom. The first-order valence-corrected chi connectivity index (χ1v) is 18.3. The van der Waals surface area contributed by atoms with Gasteiger partial charge in [-0.15, -0.1) is 11.3 Å². The number of hydrogen-bond acceptors (Lipinski definition) is 3. The first-order chi connectivity index (χ1) is 18.9. The van der Waals surface area contributed by atoms with Gasteiger partial charge in [-0.3, -0.25) is 4.79 Å². The Hall–Kier alpha value is -0.390. The zero-order valence-electron chi connectivity index (χ0n) is 26.0. The van der Waals surface area contributed by atoms with E-state index in [0.29, 0.717) is 12.5 Å². The van der Waals surface area contributed by atoms with Crippen molar-refractivity contribution in [3.63, 3.8) is 0 Å². The van der Waals surface area contributed by atoms with Gasteiger partial charge in [0.1, 0.15) is 0 Å². The lowest BCUT2D eigenvalue weighted by Gasteiger charge is -2.32. The second kappa shape index (κ2) is 23.2. The summed E-state index contributed by atoms with van der Waals surface area (Å²) >= 11 is 4.97. The van der Waals surface area contributed by atoms with Gasteiger partial charge in [0, 0.05) is 11.4 Å². The quantitative estimate of drug-likeness (QED) is 0.100. The highest BCUT2D eigenvalue weighted by atomic mass is 79.9. The minimum atomic E-state index is -1.47. The van der Waals surface area contributed by atoms with Gasteiger partial charge in [0.15, 0.2) is 5.60 Å². The zero-order chi connectivity index (χ0) is 28.8. The zero-order valence-corrected chi connectivity index (χ0v) is 28.4. The average Bonchev–Trinajstić information content (AvgIpc) is 3.39. The van der Waals surface area contributed by atoms with E-state index in [0.717, 1.165) is 15.1 Å². The number of halogens is 1. The second-order valence-corrected chi connectivity index (χ2v) is 14.5. The lowest BCUT2D eigenvalue weighted by atomic mass is 9.84. The van der Waals surface area contributed by atoms with Crippen LogP contribution in [0.5, 0.6) is 0 Å². The molecule has 0 saturated heterocycles. The highest BCUT2D eigenvalue weighted by molar-refractivity contribution is 9.11. The maximum Gasteiger partial charge on any atom is 0.257 e. The number of rotatable bonds is 26. The number of hydrogen-bond donors (Lipinski definition) is 2. The Kier molecular flexibility index (Phi) is 21.8. The summed E-state index contributed by atoms with van der Waals surface area (Å²) in [6.07, 6.45) is 27.3. The van der Waals surface area contributed by atoms with E-state index >= 15 is 0 Å². The van der Waals surface area contributed by atoms with Crippen molar-refractivity contribution in [3.05, 3.63) is 20.8 Å². The summed E-state index contributed by atoms with van der Waals surface area (Å²) in [5.74, 6) is 0.130. The van der Waals surface area contributed by atoms with Gasteiger partial charge in [-0.25, -0.2) is 0 Å². The van der Waals surface area contributed by atoms with E-state index in [4.69, 9.17) is 0 Å². The molecule has 0 aliphatic heterocycles. The van der Waals surface area contributed by atoms with Gasteiger partial charge in [0.05, 0.1) is 3.79 Å². The number of thiophene rings is 1. The van der Waals surface area contributed by atoms with E-state index < -0.39 is 5.60 Å². The molecule has 3 nitrogen and oxygen atoms in total. The molecule has 0 fully saturated rings. The van der Waals surface area contributed by atoms with Crippen molar-refractivity contribution in [2.45, 2.75) is 168 Å². The smallest absolute Gasteiger partial charge is 0.257 e. The Morgan fingerprint density at radius 3 is 1.62 bits per heavy atom. The van der Waals surface area contributed by atoms with Gasteiger partial charge in [0.25, 0.3) is 5.91 Å². The van der Waals surface area contributed by atoms with Crippen molar-refractivity contribution < 1.29 is 9.90 Å². The normalized spacial score (nSPS) is 14.7. The monoisotopic (exact) mass is 627 g/mol. The van der Waals surface area contributed by atoms with Crippen LogP contribution in [0.4, 0.5) is 0 Å². The molecule has 228 valence electrons. The van der Waals surface area contributed by atoms with Gasteiger partial charge >= 0.3 is 0 Å². The third-order valence-electron chi connectivity index (χ3n) is 8.60. The molecule has 5 heteroatoms. The van der Waals surface area contributed by atoms with Crippen LogP contribution < -0.4 is 5.32 Å². The summed E-state index contributed by atoms with van der Waals surface area (Å²) in [5.41, 5.74) is -1.47. The van der Waals surface area contributed by atoms with Crippen LogP contribution in [0, 0.1) is 11.8 Å². The average molecular weight is 629 g/mol. The maximum atomic E-state index is 13.5. The predicted molar refractivity (Wildman–Crippen MR) is 176 cm³/mol. The van der Waals surface area contributed by atoms with Crippen LogP contribution in [0.2, 0.25) is 0 Å². The molecule has 0 aliphatic rings. The Labute approximate surface area is 254 Å². The maximum absolute atomic E-state index is 13.5. The minimum absolute atomic E-state index is 0.142. The van der Waals surface area contributed by atoms with Gasteiger partial charge < -0.3 is 10.4 Å². The first kappa shape index (κ1) is 36.6. The molecule has 1 aromatic rings. The lowest BCUT2D eigenvalue weighted by molar-refractivity contribution is -0.146. The topological polar surface area (TPSA) is 49.3 Å². The third-order valence-corrected chi connectivity index (χ3v) is 10.4. The van der Waals surface area contributed by atoms with E-state index in [1.807, 2.05) is 26.0 Å². The molecule has 3 atom stereocenters. The van der Waals surface area contributed by atoms with Crippen LogP contribution in [0.15, 0.2) is 15.9 Å². The number of carbonyl (C=O) groups is 1. The number of aliphatic hydroxyl groups is 1. The molecule has 1 aromatic heterocycles. The predicted octanol–water partition coefficient (Wildman–Crippen LogP) is 11.3. The lowest BCUT2D eigenvalue weighted by Crippen LogP contribution is -2.49. The summed E-state index contributed by atoms with van der Waals surface area (Å²) in [5, 5.41) is 14.8. The number of unbranched alkanes of at least 4 members (excludes halogenated alkanes) is 16. The standard InChI is InChI=1S/C34H62BrNO2S/c1-5-8-10-12-14-16-17-19-21-23-25-30(24-22-20-18-15-13-11-9-6-2)28-36-33(37)34(38,29(4)7-3)31-26-27-32(35)39-31/h26-27,29-30,38H,5-25,28H2,1-4H3,(H,36,37). The molecule has 39 heavy (non-hydrogen) atoms. The third kappa shape index (κ3) is 15.4. The summed E-state index contributed by atoms with van der Waals surface area (Å²) in [6.45, 7) is 9.26. The van der Waals surface area contributed by atoms with Crippen LogP contribution >= 0.6 is 27.3 Å². The number of carbonyl (C=O) groups excluding carboxylic acids is 1. The van der Waals surface area contributed by atoms with E-state index in [-0.39, 0.29) is 11.8 Å². The molecule has 0 bridgehead atoms. The largest absolute Gasteiger partial charge is 0.374 e. The van der Waals surface area contributed by atoms with E-state index in [1.165, 1.54) is 140 Å². The van der Waals surface area contributed by atoms with E-state index in [9.17, 15) is 9.90 Å². The molecular formula is C34H62BrNO2S. The molecule has 1 rings (SSSR count). The van der Waals surface area contributed by atoms with Crippen molar-refractivity contribution >= 4 is 33.2 Å². The van der Waals surface area contributed by atoms with Crippen LogP contribution in [0.3, 0.4) is 0 Å². The molecule has 0 aromatic carbocycles. The van der Waals surface area contributed by atoms with Gasteiger partial charge in [0.2, 0.25) is 0 Å². The Morgan fingerprint density at radius 1 is 0.795 bits per heavy atom. The molecular weight excluding hydrogens is 566 g/mol. The Balaban J connectivity index is 2.55. The Bertz CT molecular complexity index is 724. The first-order valence-electron chi connectivity index (χ1n) is 16.7. The van der Waals surface area contributed by atoms with Gasteiger partial charge in [-0.05, 0) is 59.2 Å². The molecule has 0 saturated carbocycles. The molecule has 2 N–H and O–H groups in total. The molecule has 0 radical (unpaired) electrons. The summed E-state index contributed by atoms with van der Waals surface area (Å²) < 4.78 is 0.945. The summed E-state index contributed by atoms with van der Waals surface area (Å²) in [7, 11) is 0. The fourth-order valence-electron chi connectivity index (χ4n) is 5.60. The summed E-state index contributed by atoms with van der Waals surface area (Å²) in [6, 6.07) is 3.82. The van der Waals surface area contributed by atoms with Crippen LogP contribution in [-0.4, -0.2) is 17.6 Å². The second-order valence-electron chi connectivity index (χ2n) is 12.0. The highest BCUT2D eigenvalue weighted by Crippen LogP contribution is 2.38. The van der Waals surface area contributed by atoms with Crippen LogP contribution in [0.25, 0.3) is 0 Å². The van der Waals surface area contributed by atoms with Crippen molar-refractivity contribution in [2.75, 3.05) is 6.54 Å². The molecule has 1 heterocycles. The van der Waals surface area contributed by atoms with Crippen LogP contribution in [0.1, 0.15) is 167 Å². The van der Waals surface area contributed by atoms with E-state index in [2.05, 4.69) is 35.1 Å². The minimum Gasteiger partial charge on any atom is -0.374 e. The molecule has 0 spiro atoms. The molecule has 0 aliphatic carbocycles. The van der Waals surface area contributed by atoms with Crippen molar-refractivity contribution in [2.24, 2.45) is 11.8 Å². The van der Waals surface area contributed by atoms with Gasteiger partial charge in [-0.1, -0.05) is 143 Å². The van der Waals surface area contributed by atoms with Crippen molar-refractivity contribution in [1.82, 2.24) is 5.32 Å². The van der Waals surface area contributed by atoms with Crippen molar-refractivity contribution in [3.8, 4) is 0 Å². The van der Waals surface area contributed by atoms with Gasteiger partial charge in [-0.2, -0.15) is 0 Å². The van der Waals surface area contributed by atoms with Crippen LogP contribution in [-0.2, 0) is 10.4 Å². The van der Waals surface area contributed by atoms with E-state index in [1.54, 1.807) is 0 Å². The fraction of sp³-hybridized carbons (Fsp3) is 0.853. The number of nitrogens with one attached hydrogen (secondary N) is 1. The molecule has 1 amide bonds.